The van der Waals surface area contributed by atoms with Gasteiger partial charge in [-0.1, -0.05) is 91.5 Å². The first-order valence-corrected chi connectivity index (χ1v) is 25.4. The van der Waals surface area contributed by atoms with Crippen LogP contribution in [0.1, 0.15) is 104 Å². The zero-order chi connectivity index (χ0) is 45.3. The second-order valence-corrected chi connectivity index (χ2v) is 17.2. The smallest absolute Gasteiger partial charge is 0.397 e. The summed E-state index contributed by atoms with van der Waals surface area (Å²) in [6.45, 7) is 23.2. The van der Waals surface area contributed by atoms with Gasteiger partial charge in [0.25, 0.3) is 0 Å². The van der Waals surface area contributed by atoms with E-state index >= 15 is 0 Å². The Labute approximate surface area is 382 Å². The lowest BCUT2D eigenvalue weighted by molar-refractivity contribution is 0.0260. The zero-order valence-corrected chi connectivity index (χ0v) is 41.3. The van der Waals surface area contributed by atoms with E-state index in [0.717, 1.165) is 88.9 Å². The molecule has 0 spiro atoms. The molecule has 0 aromatic heterocycles. The van der Waals surface area contributed by atoms with Gasteiger partial charge in [-0.2, -0.15) is 0 Å². The Bertz CT molecular complexity index is 1140. The van der Waals surface area contributed by atoms with Gasteiger partial charge < -0.3 is 65.0 Å². The number of benzene rings is 2. The second kappa shape index (κ2) is 40.7. The van der Waals surface area contributed by atoms with Crippen molar-refractivity contribution in [2.45, 2.75) is 98.3 Å². The third-order valence-corrected chi connectivity index (χ3v) is 11.6. The molecule has 0 saturated heterocycles. The minimum absolute atomic E-state index is 0.323. The van der Waals surface area contributed by atoms with Crippen molar-refractivity contribution >= 4 is 17.2 Å². The molecule has 0 aliphatic carbocycles. The summed E-state index contributed by atoms with van der Waals surface area (Å²) in [6, 6.07) is 16.0. The maximum atomic E-state index is 6.21. The van der Waals surface area contributed by atoms with E-state index in [4.69, 9.17) is 65.0 Å². The molecule has 0 heterocycles. The standard InChI is InChI=1S/C47H82O14P2/c1-7-11-23-48-27-31-52-35-39-56-62(57-40-36-53-32-28-49-24-12-8-2)60-45-19-15-43(16-20-45)47(5,6)44-17-21-46(22-18-44)61-63(58-41-37-54-33-29-50-25-13-9-3)59-42-38-55-34-30-51-26-14-10-4/h15-22H,7-14,23-42H2,1-6H3. The summed E-state index contributed by atoms with van der Waals surface area (Å²) in [5.74, 6) is 1.29. The normalized spacial score (nSPS) is 11.9. The highest BCUT2D eigenvalue weighted by Gasteiger charge is 2.25. The molecule has 0 bridgehead atoms. The van der Waals surface area contributed by atoms with Crippen LogP contribution in [0.5, 0.6) is 11.5 Å². The van der Waals surface area contributed by atoms with E-state index in [9.17, 15) is 0 Å². The van der Waals surface area contributed by atoms with Gasteiger partial charge in [-0.05, 0) is 61.1 Å². The SMILES string of the molecule is CCCCOCCOCCOP(OCCOCCOCCCC)Oc1ccc(C(C)(C)c2ccc(OP(OCCOCCOCCCC)OCCOCCOCCCC)cc2)cc1. The summed E-state index contributed by atoms with van der Waals surface area (Å²) < 4.78 is 81.4. The van der Waals surface area contributed by atoms with Crippen molar-refractivity contribution in [3.05, 3.63) is 59.7 Å². The summed E-state index contributed by atoms with van der Waals surface area (Å²) in [5.41, 5.74) is 1.90. The van der Waals surface area contributed by atoms with Gasteiger partial charge in [-0.3, -0.25) is 0 Å². The third-order valence-electron chi connectivity index (χ3n) is 9.27. The highest BCUT2D eigenvalue weighted by atomic mass is 31.2. The third kappa shape index (κ3) is 30.4. The highest BCUT2D eigenvalue weighted by Crippen LogP contribution is 2.43. The maximum absolute atomic E-state index is 6.21. The van der Waals surface area contributed by atoms with Gasteiger partial charge in [-0.15, -0.1) is 0 Å². The van der Waals surface area contributed by atoms with Crippen molar-refractivity contribution in [3.8, 4) is 11.5 Å². The van der Waals surface area contributed by atoms with Crippen molar-refractivity contribution < 1.29 is 65.0 Å². The Morgan fingerprint density at radius 2 is 0.540 bits per heavy atom. The summed E-state index contributed by atoms with van der Waals surface area (Å²) in [7, 11) is -3.39. The van der Waals surface area contributed by atoms with Crippen molar-refractivity contribution in [2.24, 2.45) is 0 Å². The molecular weight excluding hydrogens is 850 g/mol. The molecule has 63 heavy (non-hydrogen) atoms. The van der Waals surface area contributed by atoms with Crippen LogP contribution in [0.3, 0.4) is 0 Å². The van der Waals surface area contributed by atoms with Crippen LogP contribution in [0.4, 0.5) is 0 Å². The fourth-order valence-electron chi connectivity index (χ4n) is 5.34. The van der Waals surface area contributed by atoms with Crippen LogP contribution in [0.25, 0.3) is 0 Å². The summed E-state index contributed by atoms with van der Waals surface area (Å²) in [5, 5.41) is 0. The molecule has 0 radical (unpaired) electrons. The first-order valence-electron chi connectivity index (χ1n) is 23.2. The van der Waals surface area contributed by atoms with Crippen molar-refractivity contribution in [1.82, 2.24) is 0 Å². The summed E-state index contributed by atoms with van der Waals surface area (Å²) in [6.07, 6.45) is 8.63. The van der Waals surface area contributed by atoms with Gasteiger partial charge in [0.1, 0.15) is 11.5 Å². The van der Waals surface area contributed by atoms with Crippen molar-refractivity contribution in [3.63, 3.8) is 0 Å². The van der Waals surface area contributed by atoms with Crippen LogP contribution < -0.4 is 9.05 Å². The Balaban J connectivity index is 1.94. The van der Waals surface area contributed by atoms with Crippen LogP contribution in [-0.4, -0.2) is 132 Å². The molecule has 0 atom stereocenters. The molecule has 2 aromatic rings. The molecule has 0 aliphatic heterocycles. The number of ether oxygens (including phenoxy) is 8. The lowest BCUT2D eigenvalue weighted by Gasteiger charge is -2.27. The van der Waals surface area contributed by atoms with Crippen LogP contribution in [0.2, 0.25) is 0 Å². The summed E-state index contributed by atoms with van der Waals surface area (Å²) in [4.78, 5) is 0. The first-order chi connectivity index (χ1) is 30.9. The first kappa shape index (κ1) is 57.5. The lowest BCUT2D eigenvalue weighted by Crippen LogP contribution is -2.18. The van der Waals surface area contributed by atoms with E-state index in [1.54, 1.807) is 0 Å². The number of hydrogen-bond donors (Lipinski definition) is 0. The number of hydrogen-bond acceptors (Lipinski definition) is 14. The Kier molecular flexibility index (Phi) is 37.2. The molecule has 0 unspecified atom stereocenters. The van der Waals surface area contributed by atoms with Crippen LogP contribution in [-0.2, 0) is 61.4 Å². The Morgan fingerprint density at radius 1 is 0.317 bits per heavy atom. The predicted octanol–water partition coefficient (Wildman–Crippen LogP) is 10.6. The number of unbranched alkanes of at least 4 members (excludes halogenated alkanes) is 4. The van der Waals surface area contributed by atoms with Gasteiger partial charge in [0.15, 0.2) is 0 Å². The average Bonchev–Trinajstić information content (AvgIpc) is 3.29. The zero-order valence-electron chi connectivity index (χ0n) is 39.5. The molecule has 0 fully saturated rings. The van der Waals surface area contributed by atoms with Crippen LogP contribution in [0, 0.1) is 0 Å². The molecule has 14 nitrogen and oxygen atoms in total. The van der Waals surface area contributed by atoms with Crippen LogP contribution in [0.15, 0.2) is 48.5 Å². The minimum atomic E-state index is -1.69. The molecular formula is C47H82O14P2. The topological polar surface area (TPSA) is 129 Å². The maximum Gasteiger partial charge on any atom is 0.397 e. The van der Waals surface area contributed by atoms with E-state index in [0.29, 0.717) is 117 Å². The van der Waals surface area contributed by atoms with Crippen LogP contribution >= 0.6 is 17.2 Å². The Hall–Kier alpha value is -1.58. The van der Waals surface area contributed by atoms with E-state index in [-0.39, 0.29) is 5.41 Å². The van der Waals surface area contributed by atoms with Gasteiger partial charge in [0, 0.05) is 31.8 Å². The fraction of sp³-hybridized carbons (Fsp3) is 0.745. The second-order valence-electron chi connectivity index (χ2n) is 14.9. The average molecular weight is 933 g/mol. The van der Waals surface area contributed by atoms with E-state index in [1.165, 1.54) is 0 Å². The quantitative estimate of drug-likeness (QED) is 0.0461. The fourth-order valence-corrected chi connectivity index (χ4v) is 7.18. The Morgan fingerprint density at radius 3 is 0.778 bits per heavy atom. The van der Waals surface area contributed by atoms with Gasteiger partial charge >= 0.3 is 17.2 Å². The molecule has 2 rings (SSSR count). The predicted molar refractivity (Wildman–Crippen MR) is 250 cm³/mol. The molecule has 0 N–H and O–H groups in total. The van der Waals surface area contributed by atoms with Gasteiger partial charge in [0.05, 0.1) is 106 Å². The van der Waals surface area contributed by atoms with Crippen molar-refractivity contribution in [2.75, 3.05) is 132 Å². The molecule has 364 valence electrons. The van der Waals surface area contributed by atoms with Gasteiger partial charge in [0.2, 0.25) is 0 Å². The molecule has 2 aromatic carbocycles. The van der Waals surface area contributed by atoms with E-state index in [1.807, 2.05) is 24.3 Å². The summed E-state index contributed by atoms with van der Waals surface area (Å²) >= 11 is 0. The number of rotatable bonds is 46. The molecule has 0 amide bonds. The van der Waals surface area contributed by atoms with Gasteiger partial charge in [-0.25, -0.2) is 0 Å². The van der Waals surface area contributed by atoms with E-state index in [2.05, 4.69) is 65.8 Å². The van der Waals surface area contributed by atoms with Crippen molar-refractivity contribution in [1.29, 1.82) is 0 Å². The minimum Gasteiger partial charge on any atom is -0.427 e. The molecule has 0 saturated carbocycles. The highest BCUT2D eigenvalue weighted by molar-refractivity contribution is 7.42. The molecule has 16 heteroatoms. The van der Waals surface area contributed by atoms with E-state index < -0.39 is 17.2 Å². The molecule has 0 aliphatic rings. The monoisotopic (exact) mass is 933 g/mol. The lowest BCUT2D eigenvalue weighted by atomic mass is 9.78. The largest absolute Gasteiger partial charge is 0.427 e.